The van der Waals surface area contributed by atoms with E-state index < -0.39 is 0 Å². The molecule has 1 aliphatic heterocycles. The fourth-order valence-electron chi connectivity index (χ4n) is 1.35. The monoisotopic (exact) mass is 166 g/mol. The molecule has 0 aliphatic carbocycles. The molecule has 12 heavy (non-hydrogen) atoms. The molecule has 1 fully saturated rings. The number of aldehydes is 1. The van der Waals surface area contributed by atoms with Crippen LogP contribution in [0.3, 0.4) is 0 Å². The van der Waals surface area contributed by atoms with Crippen molar-refractivity contribution < 1.29 is 9.53 Å². The van der Waals surface area contributed by atoms with Crippen LogP contribution in [0.1, 0.15) is 23.0 Å². The molecule has 1 aromatic rings. The second-order valence-corrected chi connectivity index (χ2v) is 2.86. The SMILES string of the molecule is O=Cc1ccn(C2CCOC2)n1. The van der Waals surface area contributed by atoms with Gasteiger partial charge in [0.2, 0.25) is 0 Å². The van der Waals surface area contributed by atoms with E-state index in [1.54, 1.807) is 10.7 Å². The predicted molar refractivity (Wildman–Crippen MR) is 42.1 cm³/mol. The molecular weight excluding hydrogens is 156 g/mol. The standard InChI is InChI=1S/C8H10N2O2/c11-5-7-1-3-10(9-7)8-2-4-12-6-8/h1,3,5,8H,2,4,6H2. The quantitative estimate of drug-likeness (QED) is 0.606. The lowest BCUT2D eigenvalue weighted by molar-refractivity contribution is 0.111. The molecule has 64 valence electrons. The third-order valence-corrected chi connectivity index (χ3v) is 2.03. The van der Waals surface area contributed by atoms with E-state index in [0.717, 1.165) is 19.3 Å². The van der Waals surface area contributed by atoms with Gasteiger partial charge in [-0.25, -0.2) is 0 Å². The molecule has 0 saturated carbocycles. The van der Waals surface area contributed by atoms with E-state index in [9.17, 15) is 4.79 Å². The highest BCUT2D eigenvalue weighted by molar-refractivity contribution is 5.71. The van der Waals surface area contributed by atoms with Crippen molar-refractivity contribution in [2.24, 2.45) is 0 Å². The summed E-state index contributed by atoms with van der Waals surface area (Å²) in [6, 6.07) is 2.03. The topological polar surface area (TPSA) is 44.1 Å². The van der Waals surface area contributed by atoms with Crippen molar-refractivity contribution in [2.45, 2.75) is 12.5 Å². The van der Waals surface area contributed by atoms with Crippen LogP contribution in [-0.2, 0) is 4.74 Å². The third-order valence-electron chi connectivity index (χ3n) is 2.03. The number of aromatic nitrogens is 2. The third kappa shape index (κ3) is 1.25. The number of hydrogen-bond donors (Lipinski definition) is 0. The number of ether oxygens (including phenoxy) is 1. The Morgan fingerprint density at radius 2 is 2.67 bits per heavy atom. The highest BCUT2D eigenvalue weighted by atomic mass is 16.5. The number of nitrogens with zero attached hydrogens (tertiary/aromatic N) is 2. The average molecular weight is 166 g/mol. The Kier molecular flexibility index (Phi) is 1.91. The maximum Gasteiger partial charge on any atom is 0.170 e. The van der Waals surface area contributed by atoms with Crippen molar-refractivity contribution in [1.29, 1.82) is 0 Å². The van der Waals surface area contributed by atoms with Gasteiger partial charge in [0.05, 0.1) is 12.6 Å². The lowest BCUT2D eigenvalue weighted by Crippen LogP contribution is -2.09. The van der Waals surface area contributed by atoms with E-state index >= 15 is 0 Å². The van der Waals surface area contributed by atoms with E-state index in [4.69, 9.17) is 4.74 Å². The van der Waals surface area contributed by atoms with Crippen molar-refractivity contribution in [3.05, 3.63) is 18.0 Å². The Labute approximate surface area is 70.1 Å². The van der Waals surface area contributed by atoms with Crippen molar-refractivity contribution in [3.63, 3.8) is 0 Å². The van der Waals surface area contributed by atoms with Gasteiger partial charge in [-0.2, -0.15) is 5.10 Å². The van der Waals surface area contributed by atoms with Gasteiger partial charge in [0.15, 0.2) is 6.29 Å². The molecule has 2 rings (SSSR count). The molecule has 0 bridgehead atoms. The average Bonchev–Trinajstić information content (AvgIpc) is 2.75. The summed E-state index contributed by atoms with van der Waals surface area (Å²) in [4.78, 5) is 10.3. The highest BCUT2D eigenvalue weighted by Crippen LogP contribution is 2.17. The molecule has 0 spiro atoms. The van der Waals surface area contributed by atoms with Gasteiger partial charge in [-0.1, -0.05) is 0 Å². The van der Waals surface area contributed by atoms with Gasteiger partial charge in [0.25, 0.3) is 0 Å². The summed E-state index contributed by atoms with van der Waals surface area (Å²) in [6.45, 7) is 1.50. The zero-order valence-electron chi connectivity index (χ0n) is 6.64. The van der Waals surface area contributed by atoms with Crippen LogP contribution in [0.5, 0.6) is 0 Å². The molecule has 0 radical (unpaired) electrons. The molecule has 0 N–H and O–H groups in total. The first-order valence-electron chi connectivity index (χ1n) is 3.98. The summed E-state index contributed by atoms with van der Waals surface area (Å²) >= 11 is 0. The molecule has 4 nitrogen and oxygen atoms in total. The normalized spacial score (nSPS) is 22.8. The summed E-state index contributed by atoms with van der Waals surface area (Å²) in [6.07, 6.45) is 3.56. The lowest BCUT2D eigenvalue weighted by atomic mass is 10.3. The van der Waals surface area contributed by atoms with Gasteiger partial charge >= 0.3 is 0 Å². The van der Waals surface area contributed by atoms with Crippen molar-refractivity contribution in [1.82, 2.24) is 9.78 Å². The van der Waals surface area contributed by atoms with Crippen LogP contribution in [0, 0.1) is 0 Å². The molecule has 4 heteroatoms. The first-order valence-corrected chi connectivity index (χ1v) is 3.98. The summed E-state index contributed by atoms with van der Waals surface area (Å²) in [5.41, 5.74) is 0.488. The van der Waals surface area contributed by atoms with Crippen LogP contribution >= 0.6 is 0 Å². The molecule has 1 atom stereocenters. The first-order chi connectivity index (χ1) is 5.90. The molecule has 2 heterocycles. The number of hydrogen-bond acceptors (Lipinski definition) is 3. The van der Waals surface area contributed by atoms with E-state index in [0.29, 0.717) is 18.3 Å². The van der Waals surface area contributed by atoms with Crippen LogP contribution < -0.4 is 0 Å². The van der Waals surface area contributed by atoms with Gasteiger partial charge in [-0.15, -0.1) is 0 Å². The van der Waals surface area contributed by atoms with Crippen molar-refractivity contribution >= 4 is 6.29 Å². The van der Waals surface area contributed by atoms with Gasteiger partial charge in [0, 0.05) is 12.8 Å². The first kappa shape index (κ1) is 7.49. The highest BCUT2D eigenvalue weighted by Gasteiger charge is 2.17. The molecule has 0 aromatic carbocycles. The molecular formula is C8H10N2O2. The second kappa shape index (κ2) is 3.06. The lowest BCUT2D eigenvalue weighted by Gasteiger charge is -2.06. The maximum atomic E-state index is 10.3. The molecule has 1 aliphatic rings. The Hall–Kier alpha value is -1.16. The Morgan fingerprint density at radius 3 is 3.25 bits per heavy atom. The molecule has 1 unspecified atom stereocenters. The minimum Gasteiger partial charge on any atom is -0.379 e. The van der Waals surface area contributed by atoms with Crippen LogP contribution in [-0.4, -0.2) is 29.3 Å². The molecule has 0 amide bonds. The van der Waals surface area contributed by atoms with E-state index in [1.165, 1.54) is 0 Å². The fourth-order valence-corrected chi connectivity index (χ4v) is 1.35. The number of rotatable bonds is 2. The zero-order valence-corrected chi connectivity index (χ0v) is 6.64. The van der Waals surface area contributed by atoms with E-state index in [2.05, 4.69) is 5.10 Å². The van der Waals surface area contributed by atoms with E-state index in [1.807, 2.05) is 6.20 Å². The van der Waals surface area contributed by atoms with Gasteiger partial charge in [-0.3, -0.25) is 9.48 Å². The van der Waals surface area contributed by atoms with Crippen LogP contribution in [0.25, 0.3) is 0 Å². The van der Waals surface area contributed by atoms with Gasteiger partial charge < -0.3 is 4.74 Å². The van der Waals surface area contributed by atoms with Crippen LogP contribution in [0.15, 0.2) is 12.3 Å². The Bertz CT molecular complexity index is 276. The number of carbonyl (C=O) groups excluding carboxylic acids is 1. The summed E-state index contributed by atoms with van der Waals surface area (Å²) in [5.74, 6) is 0. The van der Waals surface area contributed by atoms with Crippen molar-refractivity contribution in [3.8, 4) is 0 Å². The van der Waals surface area contributed by atoms with E-state index in [-0.39, 0.29) is 0 Å². The molecule has 1 saturated heterocycles. The largest absolute Gasteiger partial charge is 0.379 e. The number of carbonyl (C=O) groups is 1. The minimum absolute atomic E-state index is 0.318. The summed E-state index contributed by atoms with van der Waals surface area (Å²) < 4.78 is 7.01. The van der Waals surface area contributed by atoms with Crippen LogP contribution in [0.2, 0.25) is 0 Å². The smallest absolute Gasteiger partial charge is 0.170 e. The van der Waals surface area contributed by atoms with Crippen molar-refractivity contribution in [2.75, 3.05) is 13.2 Å². The molecule has 1 aromatic heterocycles. The Balaban J connectivity index is 2.16. The summed E-state index contributed by atoms with van der Waals surface area (Å²) in [5, 5.41) is 4.08. The fraction of sp³-hybridized carbons (Fsp3) is 0.500. The predicted octanol–water partition coefficient (Wildman–Crippen LogP) is 0.657. The second-order valence-electron chi connectivity index (χ2n) is 2.86. The maximum absolute atomic E-state index is 10.3. The minimum atomic E-state index is 0.318. The Morgan fingerprint density at radius 1 is 1.75 bits per heavy atom. The van der Waals surface area contributed by atoms with Crippen LogP contribution in [0.4, 0.5) is 0 Å². The zero-order chi connectivity index (χ0) is 8.39. The van der Waals surface area contributed by atoms with Gasteiger partial charge in [0.1, 0.15) is 5.69 Å². The van der Waals surface area contributed by atoms with Gasteiger partial charge in [-0.05, 0) is 12.5 Å². The summed E-state index contributed by atoms with van der Waals surface area (Å²) in [7, 11) is 0.